The van der Waals surface area contributed by atoms with Gasteiger partial charge in [-0.2, -0.15) is 0 Å². The zero-order valence-electron chi connectivity index (χ0n) is 24.4. The van der Waals surface area contributed by atoms with Crippen molar-refractivity contribution in [2.45, 2.75) is 72.8 Å². The zero-order valence-corrected chi connectivity index (χ0v) is 24.4. The number of nitrogens with zero attached hydrogens (tertiary/aromatic N) is 1. The van der Waals surface area contributed by atoms with E-state index in [4.69, 9.17) is 9.72 Å². The van der Waals surface area contributed by atoms with E-state index in [-0.39, 0.29) is 0 Å². The molecular formula is C34H44N2O4. The second kappa shape index (κ2) is 15.2. The highest BCUT2D eigenvalue weighted by Crippen LogP contribution is 2.31. The van der Waals surface area contributed by atoms with Crippen molar-refractivity contribution in [3.63, 3.8) is 0 Å². The number of rotatable bonds is 16. The van der Waals surface area contributed by atoms with Gasteiger partial charge in [0.1, 0.15) is 5.75 Å². The van der Waals surface area contributed by atoms with Gasteiger partial charge in [0.2, 0.25) is 0 Å². The number of pyridine rings is 1. The summed E-state index contributed by atoms with van der Waals surface area (Å²) in [6.45, 7) is 9.54. The number of aryl methyl sites for hydroxylation is 3. The maximum atomic E-state index is 11.7. The van der Waals surface area contributed by atoms with Crippen molar-refractivity contribution in [3.05, 3.63) is 88.2 Å². The molecule has 214 valence electrons. The van der Waals surface area contributed by atoms with Gasteiger partial charge in [-0.05, 0) is 105 Å². The molecule has 0 bridgehead atoms. The first-order valence-electron chi connectivity index (χ1n) is 14.3. The van der Waals surface area contributed by atoms with Crippen molar-refractivity contribution in [2.24, 2.45) is 5.41 Å². The smallest absolute Gasteiger partial charge is 0.309 e. The van der Waals surface area contributed by atoms with Crippen LogP contribution in [-0.2, 0) is 22.6 Å². The summed E-state index contributed by atoms with van der Waals surface area (Å²) in [5.41, 5.74) is 6.23. The number of phenols is 1. The number of carboxylic acid groups (broad SMARTS) is 1. The van der Waals surface area contributed by atoms with Crippen LogP contribution in [0.15, 0.2) is 54.6 Å². The Morgan fingerprint density at radius 1 is 1.00 bits per heavy atom. The minimum atomic E-state index is -0.716. The first kappa shape index (κ1) is 30.9. The predicted octanol–water partition coefficient (Wildman–Crippen LogP) is 7.81. The largest absolute Gasteiger partial charge is 0.507 e. The van der Waals surface area contributed by atoms with E-state index in [0.717, 1.165) is 53.0 Å². The van der Waals surface area contributed by atoms with Crippen LogP contribution in [0.3, 0.4) is 0 Å². The maximum absolute atomic E-state index is 11.7. The van der Waals surface area contributed by atoms with Crippen molar-refractivity contribution >= 4 is 23.8 Å². The summed E-state index contributed by atoms with van der Waals surface area (Å²) >= 11 is 0. The Labute approximate surface area is 239 Å². The van der Waals surface area contributed by atoms with Crippen LogP contribution < -0.4 is 5.32 Å². The van der Waals surface area contributed by atoms with Gasteiger partial charge in [0.15, 0.2) is 0 Å². The van der Waals surface area contributed by atoms with Crippen LogP contribution in [0, 0.1) is 19.3 Å². The third-order valence-corrected chi connectivity index (χ3v) is 7.71. The molecule has 2 aromatic carbocycles. The Balaban J connectivity index is 1.44. The van der Waals surface area contributed by atoms with E-state index in [9.17, 15) is 15.0 Å². The number of nitrogens with one attached hydrogen (secondary N) is 1. The first-order chi connectivity index (χ1) is 19.3. The third-order valence-electron chi connectivity index (χ3n) is 7.71. The van der Waals surface area contributed by atoms with Gasteiger partial charge in [0, 0.05) is 18.8 Å². The van der Waals surface area contributed by atoms with Crippen LogP contribution in [0.1, 0.15) is 79.6 Å². The number of ether oxygens (including phenoxy) is 1. The number of benzene rings is 2. The summed E-state index contributed by atoms with van der Waals surface area (Å²) in [5, 5.41) is 23.0. The van der Waals surface area contributed by atoms with Crippen molar-refractivity contribution in [1.82, 2.24) is 4.98 Å². The van der Waals surface area contributed by atoms with E-state index >= 15 is 0 Å². The van der Waals surface area contributed by atoms with Gasteiger partial charge in [-0.15, -0.1) is 0 Å². The fourth-order valence-electron chi connectivity index (χ4n) is 4.96. The SMILES string of the molecule is CCC(CC)(CCNc1cccc(C=Cc2cccc(COCCCCc3cc(C)c(O)c(C)c3)n2)c1)C(=O)O. The fraction of sp³-hybridized carbons (Fsp3) is 0.412. The lowest BCUT2D eigenvalue weighted by Crippen LogP contribution is -2.31. The molecule has 0 saturated heterocycles. The number of carboxylic acids is 1. The summed E-state index contributed by atoms with van der Waals surface area (Å²) < 4.78 is 5.88. The molecule has 0 aliphatic rings. The molecule has 0 radical (unpaired) electrons. The van der Waals surface area contributed by atoms with E-state index in [1.807, 2.05) is 76.2 Å². The second-order valence-electron chi connectivity index (χ2n) is 10.6. The van der Waals surface area contributed by atoms with Gasteiger partial charge in [-0.3, -0.25) is 9.78 Å². The van der Waals surface area contributed by atoms with Crippen LogP contribution in [0.25, 0.3) is 12.2 Å². The fourth-order valence-corrected chi connectivity index (χ4v) is 4.96. The topological polar surface area (TPSA) is 91.7 Å². The summed E-state index contributed by atoms with van der Waals surface area (Å²) in [4.78, 5) is 16.5. The lowest BCUT2D eigenvalue weighted by molar-refractivity contribution is -0.149. The van der Waals surface area contributed by atoms with Crippen LogP contribution in [-0.4, -0.2) is 34.3 Å². The lowest BCUT2D eigenvalue weighted by atomic mass is 9.79. The zero-order chi connectivity index (χ0) is 29.0. The number of aromatic hydroxyl groups is 1. The predicted molar refractivity (Wildman–Crippen MR) is 164 cm³/mol. The molecule has 1 aromatic heterocycles. The quantitative estimate of drug-likeness (QED) is 0.159. The molecule has 1 heterocycles. The Hall–Kier alpha value is -3.64. The van der Waals surface area contributed by atoms with Gasteiger partial charge >= 0.3 is 5.97 Å². The number of hydrogen-bond acceptors (Lipinski definition) is 5. The van der Waals surface area contributed by atoms with E-state index < -0.39 is 11.4 Å². The molecule has 0 spiro atoms. The number of aromatic nitrogens is 1. The summed E-state index contributed by atoms with van der Waals surface area (Å²) in [6, 6.07) is 18.2. The molecule has 3 rings (SSSR count). The van der Waals surface area contributed by atoms with Gasteiger partial charge in [0.25, 0.3) is 0 Å². The average Bonchev–Trinajstić information content (AvgIpc) is 2.95. The molecule has 0 aliphatic heterocycles. The van der Waals surface area contributed by atoms with Gasteiger partial charge in [0.05, 0.1) is 23.4 Å². The molecule has 6 heteroatoms. The second-order valence-corrected chi connectivity index (χ2v) is 10.6. The lowest BCUT2D eigenvalue weighted by Gasteiger charge is -2.26. The van der Waals surface area contributed by atoms with E-state index in [1.54, 1.807) is 0 Å². The van der Waals surface area contributed by atoms with Gasteiger partial charge in [-0.1, -0.05) is 50.3 Å². The highest BCUT2D eigenvalue weighted by molar-refractivity contribution is 5.74. The molecular weight excluding hydrogens is 500 g/mol. The molecule has 0 saturated carbocycles. The van der Waals surface area contributed by atoms with Crippen molar-refractivity contribution in [1.29, 1.82) is 0 Å². The molecule has 0 amide bonds. The summed E-state index contributed by atoms with van der Waals surface area (Å²) in [7, 11) is 0. The van der Waals surface area contributed by atoms with Crippen LogP contribution in [0.2, 0.25) is 0 Å². The van der Waals surface area contributed by atoms with E-state index in [0.29, 0.717) is 44.8 Å². The number of aliphatic carboxylic acids is 1. The number of carbonyl (C=O) groups is 1. The molecule has 6 nitrogen and oxygen atoms in total. The average molecular weight is 545 g/mol. The standard InChI is InChI=1S/C34H44N2O4/c1-5-34(6-2,33(38)39)18-19-35-30-14-9-12-27(23-30)16-17-29-13-10-15-31(36-29)24-40-20-8-7-11-28-21-25(3)32(37)26(4)22-28/h9-10,12-17,21-23,35,37H,5-8,11,18-20,24H2,1-4H3,(H,38,39). The van der Waals surface area contributed by atoms with Crippen LogP contribution in [0.5, 0.6) is 5.75 Å². The van der Waals surface area contributed by atoms with Gasteiger partial charge < -0.3 is 20.3 Å². The highest BCUT2D eigenvalue weighted by atomic mass is 16.5. The highest BCUT2D eigenvalue weighted by Gasteiger charge is 2.34. The van der Waals surface area contributed by atoms with Crippen molar-refractivity contribution in [3.8, 4) is 5.75 Å². The Kier molecular flexibility index (Phi) is 11.8. The number of phenolic OH excluding ortho intramolecular Hbond substituents is 1. The number of unbranched alkanes of at least 4 members (excludes halogenated alkanes) is 1. The monoisotopic (exact) mass is 544 g/mol. The number of hydrogen-bond donors (Lipinski definition) is 3. The molecule has 3 aromatic rings. The van der Waals surface area contributed by atoms with Gasteiger partial charge in [-0.25, -0.2) is 0 Å². The van der Waals surface area contributed by atoms with E-state index in [1.165, 1.54) is 5.56 Å². The normalized spacial score (nSPS) is 11.7. The minimum absolute atomic E-state index is 0.391. The Morgan fingerprint density at radius 3 is 2.42 bits per heavy atom. The molecule has 3 N–H and O–H groups in total. The maximum Gasteiger partial charge on any atom is 0.309 e. The molecule has 0 atom stereocenters. The Morgan fingerprint density at radius 2 is 1.73 bits per heavy atom. The van der Waals surface area contributed by atoms with Crippen molar-refractivity contribution in [2.75, 3.05) is 18.5 Å². The molecule has 0 unspecified atom stereocenters. The van der Waals surface area contributed by atoms with E-state index in [2.05, 4.69) is 23.5 Å². The summed E-state index contributed by atoms with van der Waals surface area (Å²) in [5.74, 6) is -0.325. The molecule has 0 fully saturated rings. The number of anilines is 1. The third kappa shape index (κ3) is 8.95. The van der Waals surface area contributed by atoms with Crippen molar-refractivity contribution < 1.29 is 19.7 Å². The van der Waals surface area contributed by atoms with Crippen LogP contribution in [0.4, 0.5) is 5.69 Å². The first-order valence-corrected chi connectivity index (χ1v) is 14.3. The molecule has 0 aliphatic carbocycles. The molecule has 40 heavy (non-hydrogen) atoms. The Bertz CT molecular complexity index is 1260. The summed E-state index contributed by atoms with van der Waals surface area (Å²) in [6.07, 6.45) is 8.84. The minimum Gasteiger partial charge on any atom is -0.507 e. The van der Waals surface area contributed by atoms with Crippen LogP contribution >= 0.6 is 0 Å².